The number of hydrogen-bond donors (Lipinski definition) is 1. The second kappa shape index (κ2) is 16.2. The lowest BCUT2D eigenvalue weighted by atomic mass is 10.1. The first-order valence-electron chi connectivity index (χ1n) is 8.70. The summed E-state index contributed by atoms with van der Waals surface area (Å²) in [6.07, 6.45) is 17.6. The summed E-state index contributed by atoms with van der Waals surface area (Å²) in [6, 6.07) is 0. The molecule has 22 heavy (non-hydrogen) atoms. The van der Waals surface area contributed by atoms with Crippen LogP contribution in [0.5, 0.6) is 0 Å². The fourth-order valence-corrected chi connectivity index (χ4v) is 2.20. The molecule has 4 heteroatoms. The number of hydrogen-bond acceptors (Lipinski definition) is 4. The Morgan fingerprint density at radius 2 is 1.36 bits per heavy atom. The summed E-state index contributed by atoms with van der Waals surface area (Å²) in [7, 11) is 0. The smallest absolute Gasteiger partial charge is 0.339 e. The zero-order valence-electron chi connectivity index (χ0n) is 14.0. The zero-order chi connectivity index (χ0) is 16.5. The lowest BCUT2D eigenvalue weighted by Crippen LogP contribution is -2.14. The molecule has 0 heterocycles. The molecule has 0 amide bonds. The quantitative estimate of drug-likeness (QED) is 0.225. The Bertz CT molecular complexity index is 310. The van der Waals surface area contributed by atoms with E-state index in [-0.39, 0.29) is 6.42 Å². The molecule has 0 saturated heterocycles. The maximum Gasteiger partial charge on any atom is 0.339 e. The van der Waals surface area contributed by atoms with Gasteiger partial charge in [0.2, 0.25) is 0 Å². The average Bonchev–Trinajstić information content (AvgIpc) is 2.51. The number of rotatable bonds is 14. The fourth-order valence-electron chi connectivity index (χ4n) is 2.20. The van der Waals surface area contributed by atoms with E-state index >= 15 is 0 Å². The summed E-state index contributed by atoms with van der Waals surface area (Å²) in [5.41, 5.74) is 0. The van der Waals surface area contributed by atoms with E-state index < -0.39 is 18.5 Å². The molecule has 0 radical (unpaired) electrons. The van der Waals surface area contributed by atoms with Gasteiger partial charge in [-0.15, -0.1) is 0 Å². The van der Waals surface area contributed by atoms with Gasteiger partial charge in [0.15, 0.2) is 0 Å². The minimum Gasteiger partial charge on any atom is -0.391 e. The lowest BCUT2D eigenvalue weighted by molar-refractivity contribution is -0.161. The van der Waals surface area contributed by atoms with E-state index in [1.54, 1.807) is 0 Å². The molecule has 0 atom stereocenters. The molecular formula is C18H32O4. The largest absolute Gasteiger partial charge is 0.391 e. The van der Waals surface area contributed by atoms with E-state index in [0.717, 1.165) is 25.7 Å². The van der Waals surface area contributed by atoms with Crippen molar-refractivity contribution in [1.82, 2.24) is 0 Å². The van der Waals surface area contributed by atoms with Crippen molar-refractivity contribution in [3.8, 4) is 0 Å². The van der Waals surface area contributed by atoms with E-state index in [1.807, 2.05) is 0 Å². The van der Waals surface area contributed by atoms with Crippen molar-refractivity contribution < 1.29 is 19.4 Å². The highest BCUT2D eigenvalue weighted by atomic mass is 16.6. The predicted octanol–water partition coefficient (Wildman–Crippen LogP) is 4.31. The Morgan fingerprint density at radius 1 is 0.818 bits per heavy atom. The summed E-state index contributed by atoms with van der Waals surface area (Å²) in [5.74, 6) is -1.41. The van der Waals surface area contributed by atoms with Gasteiger partial charge in [-0.05, 0) is 32.1 Å². The van der Waals surface area contributed by atoms with E-state index in [1.165, 1.54) is 44.9 Å². The second-order valence-corrected chi connectivity index (χ2v) is 5.63. The molecule has 1 N–H and O–H groups in total. The monoisotopic (exact) mass is 312 g/mol. The zero-order valence-corrected chi connectivity index (χ0v) is 14.0. The first-order valence-corrected chi connectivity index (χ1v) is 8.70. The minimum absolute atomic E-state index is 0.253. The van der Waals surface area contributed by atoms with Crippen molar-refractivity contribution >= 4 is 11.9 Å². The minimum atomic E-state index is -0.869. The molecule has 0 bridgehead atoms. The van der Waals surface area contributed by atoms with Gasteiger partial charge >= 0.3 is 11.9 Å². The van der Waals surface area contributed by atoms with E-state index in [2.05, 4.69) is 23.8 Å². The first-order chi connectivity index (χ1) is 10.7. The highest BCUT2D eigenvalue weighted by Gasteiger charge is 2.08. The fraction of sp³-hybridized carbons (Fsp3) is 0.778. The van der Waals surface area contributed by atoms with Crippen LogP contribution in [0.1, 0.15) is 84.0 Å². The predicted molar refractivity (Wildman–Crippen MR) is 88.4 cm³/mol. The molecule has 0 aliphatic rings. The third-order valence-corrected chi connectivity index (χ3v) is 3.50. The van der Waals surface area contributed by atoms with E-state index in [4.69, 9.17) is 5.11 Å². The molecule has 128 valence electrons. The van der Waals surface area contributed by atoms with Crippen LogP contribution in [0, 0.1) is 0 Å². The van der Waals surface area contributed by atoms with Crippen LogP contribution in [0.15, 0.2) is 12.2 Å². The number of aliphatic hydroxyl groups excluding tert-OH is 1. The van der Waals surface area contributed by atoms with Crippen LogP contribution in [-0.2, 0) is 14.3 Å². The highest BCUT2D eigenvalue weighted by molar-refractivity contribution is 5.85. The Morgan fingerprint density at radius 3 is 1.95 bits per heavy atom. The number of allylic oxidation sites excluding steroid dienone is 2. The Hall–Kier alpha value is -1.16. The van der Waals surface area contributed by atoms with Gasteiger partial charge < -0.3 is 9.84 Å². The normalized spacial score (nSPS) is 11.0. The molecule has 0 fully saturated rings. The maximum atomic E-state index is 11.2. The van der Waals surface area contributed by atoms with Crippen molar-refractivity contribution in [1.29, 1.82) is 0 Å². The summed E-state index contributed by atoms with van der Waals surface area (Å²) in [5, 5.41) is 8.44. The summed E-state index contributed by atoms with van der Waals surface area (Å²) in [6.45, 7) is 1.49. The summed E-state index contributed by atoms with van der Waals surface area (Å²) < 4.78 is 4.37. The number of carbonyl (C=O) groups excluding carboxylic acids is 2. The standard InChI is InChI=1S/C18H32O4/c1-2-3-4-5-6-7-8-9-10-11-12-13-14-15-17(20)22-18(21)16-19/h7-8,19H,2-6,9-16H2,1H3/b8-7-. The van der Waals surface area contributed by atoms with Crippen LogP contribution in [0.3, 0.4) is 0 Å². The van der Waals surface area contributed by atoms with Gasteiger partial charge in [0.1, 0.15) is 6.61 Å². The third-order valence-electron chi connectivity index (χ3n) is 3.50. The Labute approximate surface area is 134 Å². The van der Waals surface area contributed by atoms with Crippen LogP contribution < -0.4 is 0 Å². The number of unbranched alkanes of at least 4 members (excludes halogenated alkanes) is 9. The summed E-state index contributed by atoms with van der Waals surface area (Å²) in [4.78, 5) is 21.8. The number of ether oxygens (including phenoxy) is 1. The van der Waals surface area contributed by atoms with Crippen LogP contribution >= 0.6 is 0 Å². The van der Waals surface area contributed by atoms with Crippen molar-refractivity contribution in [2.24, 2.45) is 0 Å². The van der Waals surface area contributed by atoms with Gasteiger partial charge in [-0.2, -0.15) is 0 Å². The molecule has 0 aromatic rings. The van der Waals surface area contributed by atoms with Crippen LogP contribution in [0.2, 0.25) is 0 Å². The molecule has 0 spiro atoms. The number of aliphatic hydroxyl groups is 1. The van der Waals surface area contributed by atoms with Gasteiger partial charge in [0.25, 0.3) is 0 Å². The topological polar surface area (TPSA) is 63.6 Å². The van der Waals surface area contributed by atoms with Gasteiger partial charge in [0.05, 0.1) is 0 Å². The molecule has 0 saturated carbocycles. The molecule has 0 rings (SSSR count). The van der Waals surface area contributed by atoms with Crippen molar-refractivity contribution in [2.75, 3.05) is 6.61 Å². The summed E-state index contributed by atoms with van der Waals surface area (Å²) >= 11 is 0. The molecule has 4 nitrogen and oxygen atoms in total. The third kappa shape index (κ3) is 15.2. The first kappa shape index (κ1) is 20.8. The van der Waals surface area contributed by atoms with Crippen molar-refractivity contribution in [3.05, 3.63) is 12.2 Å². The molecule has 0 unspecified atom stereocenters. The van der Waals surface area contributed by atoms with Gasteiger partial charge in [0, 0.05) is 6.42 Å². The van der Waals surface area contributed by atoms with Crippen LogP contribution in [-0.4, -0.2) is 23.7 Å². The van der Waals surface area contributed by atoms with Gasteiger partial charge in [-0.3, -0.25) is 4.79 Å². The SMILES string of the molecule is CCCCCC/C=C\CCCCCCCC(=O)OC(=O)CO. The molecule has 0 aromatic carbocycles. The number of esters is 2. The lowest BCUT2D eigenvalue weighted by Gasteiger charge is -2.01. The highest BCUT2D eigenvalue weighted by Crippen LogP contribution is 2.09. The Balaban J connectivity index is 3.25. The van der Waals surface area contributed by atoms with Crippen LogP contribution in [0.25, 0.3) is 0 Å². The van der Waals surface area contributed by atoms with Crippen molar-refractivity contribution in [3.63, 3.8) is 0 Å². The molecular weight excluding hydrogens is 280 g/mol. The van der Waals surface area contributed by atoms with Gasteiger partial charge in [-0.1, -0.05) is 57.6 Å². The van der Waals surface area contributed by atoms with E-state index in [9.17, 15) is 9.59 Å². The van der Waals surface area contributed by atoms with Crippen LogP contribution in [0.4, 0.5) is 0 Å². The number of carbonyl (C=O) groups is 2. The second-order valence-electron chi connectivity index (χ2n) is 5.63. The molecule has 0 aliphatic carbocycles. The van der Waals surface area contributed by atoms with E-state index in [0.29, 0.717) is 0 Å². The molecule has 0 aromatic heterocycles. The van der Waals surface area contributed by atoms with Gasteiger partial charge in [-0.25, -0.2) is 4.79 Å². The maximum absolute atomic E-state index is 11.2. The Kier molecular flexibility index (Phi) is 15.4. The van der Waals surface area contributed by atoms with Crippen molar-refractivity contribution in [2.45, 2.75) is 84.0 Å². The molecule has 0 aliphatic heterocycles. The average molecular weight is 312 g/mol.